The van der Waals surface area contributed by atoms with Crippen LogP contribution in [0.2, 0.25) is 0 Å². The van der Waals surface area contributed by atoms with Crippen molar-refractivity contribution in [2.24, 2.45) is 7.05 Å². The van der Waals surface area contributed by atoms with Crippen LogP contribution in [0.4, 0.5) is 16.2 Å². The molecule has 0 bridgehead atoms. The number of morpholine rings is 1. The van der Waals surface area contributed by atoms with E-state index in [9.17, 15) is 4.79 Å². The molecule has 1 aliphatic heterocycles. The average molecular weight is 457 g/mol. The lowest BCUT2D eigenvalue weighted by molar-refractivity contribution is 0.0337. The zero-order valence-corrected chi connectivity index (χ0v) is 19.4. The molecule has 2 N–H and O–H groups in total. The number of rotatable bonds is 5. The summed E-state index contributed by atoms with van der Waals surface area (Å²) in [6.45, 7) is 6.10. The fourth-order valence-corrected chi connectivity index (χ4v) is 4.22. The van der Waals surface area contributed by atoms with Crippen molar-refractivity contribution in [1.29, 1.82) is 0 Å². The van der Waals surface area contributed by atoms with Crippen molar-refractivity contribution >= 4 is 28.4 Å². The molecule has 34 heavy (non-hydrogen) atoms. The number of ether oxygens (including phenoxy) is 1. The first-order chi connectivity index (χ1) is 16.5. The van der Waals surface area contributed by atoms with Crippen molar-refractivity contribution in [3.05, 3.63) is 72.1 Å². The summed E-state index contributed by atoms with van der Waals surface area (Å²) in [5.41, 5.74) is 6.57. The van der Waals surface area contributed by atoms with E-state index < -0.39 is 0 Å². The maximum absolute atomic E-state index is 12.4. The molecule has 0 unspecified atom stereocenters. The van der Waals surface area contributed by atoms with Crippen molar-refractivity contribution in [1.82, 2.24) is 19.7 Å². The highest BCUT2D eigenvalue weighted by Gasteiger charge is 2.16. The fraction of sp³-hybridized carbons (Fsp3) is 0.269. The number of fused-ring (bicyclic) bond motifs is 1. The lowest BCUT2D eigenvalue weighted by Crippen LogP contribution is -2.35. The van der Waals surface area contributed by atoms with Crippen LogP contribution >= 0.6 is 0 Å². The van der Waals surface area contributed by atoms with Gasteiger partial charge in [-0.25, -0.2) is 9.78 Å². The molecule has 2 amide bonds. The molecule has 0 radical (unpaired) electrons. The Morgan fingerprint density at radius 3 is 2.56 bits per heavy atom. The molecule has 0 atom stereocenters. The number of aromatic nitrogens is 3. The predicted octanol–water partition coefficient (Wildman–Crippen LogP) is 4.42. The molecule has 8 heteroatoms. The molecule has 3 heterocycles. The molecule has 0 saturated carbocycles. The summed E-state index contributed by atoms with van der Waals surface area (Å²) >= 11 is 0. The zero-order valence-electron chi connectivity index (χ0n) is 19.4. The molecule has 0 aliphatic carbocycles. The second-order valence-corrected chi connectivity index (χ2v) is 8.58. The van der Waals surface area contributed by atoms with Crippen LogP contribution in [0.5, 0.6) is 0 Å². The first-order valence-corrected chi connectivity index (χ1v) is 11.4. The van der Waals surface area contributed by atoms with E-state index in [-0.39, 0.29) is 6.03 Å². The molecule has 174 valence electrons. The number of carbonyl (C=O) groups excluding carboxylic acids is 1. The van der Waals surface area contributed by atoms with Gasteiger partial charge in [-0.3, -0.25) is 9.58 Å². The first kappa shape index (κ1) is 22.1. The minimum Gasteiger partial charge on any atom is -0.379 e. The zero-order chi connectivity index (χ0) is 23.5. The van der Waals surface area contributed by atoms with Crippen LogP contribution in [0.15, 0.2) is 60.8 Å². The van der Waals surface area contributed by atoms with Gasteiger partial charge in [0.2, 0.25) is 0 Å². The van der Waals surface area contributed by atoms with Gasteiger partial charge in [0, 0.05) is 43.4 Å². The molecule has 1 aliphatic rings. The molecule has 5 rings (SSSR count). The normalized spacial score (nSPS) is 14.3. The molecule has 2 aromatic heterocycles. The topological polar surface area (TPSA) is 84.3 Å². The van der Waals surface area contributed by atoms with E-state index in [1.165, 1.54) is 0 Å². The number of amides is 2. The van der Waals surface area contributed by atoms with Crippen LogP contribution in [-0.4, -0.2) is 52.0 Å². The Kier molecular flexibility index (Phi) is 6.24. The van der Waals surface area contributed by atoms with Gasteiger partial charge in [-0.05, 0) is 53.9 Å². The second-order valence-electron chi connectivity index (χ2n) is 8.58. The Bertz CT molecular complexity index is 1310. The average Bonchev–Trinajstić information content (AvgIpc) is 3.20. The lowest BCUT2D eigenvalue weighted by Gasteiger charge is -2.26. The molecule has 2 aromatic carbocycles. The number of aryl methyl sites for hydroxylation is 2. The smallest absolute Gasteiger partial charge is 0.323 e. The highest BCUT2D eigenvalue weighted by atomic mass is 16.5. The third kappa shape index (κ3) is 4.93. The van der Waals surface area contributed by atoms with Crippen molar-refractivity contribution < 1.29 is 9.53 Å². The van der Waals surface area contributed by atoms with Crippen LogP contribution in [-0.2, 0) is 18.3 Å². The number of urea groups is 1. The number of hydrogen-bond acceptors (Lipinski definition) is 5. The summed E-state index contributed by atoms with van der Waals surface area (Å²) in [6, 6.07) is 17.4. The van der Waals surface area contributed by atoms with Gasteiger partial charge in [-0.2, -0.15) is 5.10 Å². The molecular weight excluding hydrogens is 428 g/mol. The highest BCUT2D eigenvalue weighted by Crippen LogP contribution is 2.30. The minimum absolute atomic E-state index is 0.273. The summed E-state index contributed by atoms with van der Waals surface area (Å²) in [6.07, 6.45) is 1.86. The Labute approximate surface area is 198 Å². The number of hydrogen-bond donors (Lipinski definition) is 2. The van der Waals surface area contributed by atoms with Gasteiger partial charge in [0.25, 0.3) is 0 Å². The molecule has 4 aromatic rings. The van der Waals surface area contributed by atoms with Crippen molar-refractivity contribution in [3.8, 4) is 11.1 Å². The van der Waals surface area contributed by atoms with E-state index in [0.29, 0.717) is 0 Å². The van der Waals surface area contributed by atoms with Gasteiger partial charge in [0.05, 0.1) is 25.1 Å². The van der Waals surface area contributed by atoms with Crippen LogP contribution in [0.25, 0.3) is 22.2 Å². The van der Waals surface area contributed by atoms with Crippen molar-refractivity contribution in [2.75, 3.05) is 36.9 Å². The summed E-state index contributed by atoms with van der Waals surface area (Å²) in [5.74, 6) is 0. The van der Waals surface area contributed by atoms with Crippen LogP contribution < -0.4 is 10.6 Å². The molecule has 1 saturated heterocycles. The van der Waals surface area contributed by atoms with E-state index in [1.54, 1.807) is 0 Å². The number of nitrogens with zero attached hydrogens (tertiary/aromatic N) is 4. The SMILES string of the molecule is Cc1cccc(NC(=O)Nc2ccc(-c3cc(CN4CCOCC4)nc4c3cnn4C)cc2)c1. The van der Waals surface area contributed by atoms with E-state index in [1.807, 2.05) is 73.4 Å². The van der Waals surface area contributed by atoms with Gasteiger partial charge in [-0.15, -0.1) is 0 Å². The number of benzene rings is 2. The monoisotopic (exact) mass is 456 g/mol. The van der Waals surface area contributed by atoms with Crippen LogP contribution in [0, 0.1) is 6.92 Å². The molecule has 8 nitrogen and oxygen atoms in total. The Balaban J connectivity index is 1.36. The molecular formula is C26H28N6O2. The largest absolute Gasteiger partial charge is 0.379 e. The van der Waals surface area contributed by atoms with E-state index in [0.717, 1.165) is 77.6 Å². The Morgan fingerprint density at radius 2 is 1.79 bits per heavy atom. The number of anilines is 2. The summed E-state index contributed by atoms with van der Waals surface area (Å²) in [4.78, 5) is 19.6. The van der Waals surface area contributed by atoms with Gasteiger partial charge in [0.1, 0.15) is 0 Å². The number of pyridine rings is 1. The Morgan fingerprint density at radius 1 is 1.03 bits per heavy atom. The van der Waals surface area contributed by atoms with E-state index in [4.69, 9.17) is 9.72 Å². The minimum atomic E-state index is -0.273. The van der Waals surface area contributed by atoms with Gasteiger partial charge >= 0.3 is 6.03 Å². The van der Waals surface area contributed by atoms with Crippen molar-refractivity contribution in [2.45, 2.75) is 13.5 Å². The maximum Gasteiger partial charge on any atom is 0.323 e. The highest BCUT2D eigenvalue weighted by molar-refractivity contribution is 6.00. The van der Waals surface area contributed by atoms with Crippen LogP contribution in [0.3, 0.4) is 0 Å². The summed E-state index contributed by atoms with van der Waals surface area (Å²) in [5, 5.41) is 11.2. The van der Waals surface area contributed by atoms with Gasteiger partial charge in [-0.1, -0.05) is 24.3 Å². The van der Waals surface area contributed by atoms with Gasteiger partial charge < -0.3 is 15.4 Å². The quantitative estimate of drug-likeness (QED) is 0.464. The van der Waals surface area contributed by atoms with Crippen molar-refractivity contribution in [3.63, 3.8) is 0 Å². The standard InChI is InChI=1S/C26H28N6O2/c1-18-4-3-5-21(14-18)30-26(33)29-20-8-6-19(7-9-20)23-15-22(17-32-10-12-34-13-11-32)28-25-24(23)16-27-31(25)2/h3-9,14-16H,10-13,17H2,1-2H3,(H2,29,30,33). The Hall–Kier alpha value is -3.75. The first-order valence-electron chi connectivity index (χ1n) is 11.4. The third-order valence-electron chi connectivity index (χ3n) is 5.98. The second kappa shape index (κ2) is 9.62. The maximum atomic E-state index is 12.4. The number of nitrogens with one attached hydrogen (secondary N) is 2. The fourth-order valence-electron chi connectivity index (χ4n) is 4.22. The van der Waals surface area contributed by atoms with E-state index in [2.05, 4.69) is 26.7 Å². The predicted molar refractivity (Wildman–Crippen MR) is 134 cm³/mol. The molecule has 1 fully saturated rings. The third-order valence-corrected chi connectivity index (χ3v) is 5.98. The van der Waals surface area contributed by atoms with Crippen LogP contribution in [0.1, 0.15) is 11.3 Å². The summed E-state index contributed by atoms with van der Waals surface area (Å²) in [7, 11) is 1.91. The molecule has 0 spiro atoms. The lowest BCUT2D eigenvalue weighted by atomic mass is 10.0. The van der Waals surface area contributed by atoms with Gasteiger partial charge in [0.15, 0.2) is 5.65 Å². The van der Waals surface area contributed by atoms with E-state index >= 15 is 0 Å². The number of carbonyl (C=O) groups is 1. The summed E-state index contributed by atoms with van der Waals surface area (Å²) < 4.78 is 7.29.